The van der Waals surface area contributed by atoms with E-state index in [1.807, 2.05) is 18.4 Å². The number of phenolic OH excluding ortho intramolecular Hbond substituents is 1. The molecule has 7 N–H and O–H groups in total. The monoisotopic (exact) mass is 799 g/mol. The van der Waals surface area contributed by atoms with Gasteiger partial charge in [0, 0.05) is 61.8 Å². The first-order valence-corrected chi connectivity index (χ1v) is 19.7. The van der Waals surface area contributed by atoms with Crippen molar-refractivity contribution >= 4 is 28.8 Å². The van der Waals surface area contributed by atoms with Crippen molar-refractivity contribution in [2.45, 2.75) is 94.0 Å². The van der Waals surface area contributed by atoms with E-state index in [0.717, 1.165) is 17.7 Å². The number of benzene rings is 2. The molecule has 1 spiro atoms. The molecule has 0 radical (unpaired) electrons. The third kappa shape index (κ3) is 7.25. The lowest BCUT2D eigenvalue weighted by molar-refractivity contribution is -0.373. The summed E-state index contributed by atoms with van der Waals surface area (Å²) in [4.78, 5) is 44.8. The molecular weight excluding hydrogens is 750 g/mol. The Bertz CT molecular complexity index is 2250. The van der Waals surface area contributed by atoms with E-state index in [4.69, 9.17) is 18.9 Å². The second-order valence-electron chi connectivity index (χ2n) is 16.2. The van der Waals surface area contributed by atoms with Crippen molar-refractivity contribution in [3.05, 3.63) is 99.2 Å². The smallest absolute Gasteiger partial charge is 0.220 e. The molecule has 5 aliphatic rings. The maximum atomic E-state index is 13.6. The molecule has 5 heterocycles. The van der Waals surface area contributed by atoms with Gasteiger partial charge in [-0.25, -0.2) is 9.78 Å². The van der Waals surface area contributed by atoms with E-state index in [9.17, 15) is 40.2 Å². The number of ether oxygens (including phenoxy) is 1. The van der Waals surface area contributed by atoms with E-state index in [-0.39, 0.29) is 47.8 Å². The highest BCUT2D eigenvalue weighted by Gasteiger charge is 2.52. The number of carbonyl (C=O) groups excluding carboxylic acids is 1. The van der Waals surface area contributed by atoms with Crippen molar-refractivity contribution in [1.29, 1.82) is 0 Å². The molecule has 1 fully saturated rings. The van der Waals surface area contributed by atoms with Crippen LogP contribution in [0, 0.1) is 18.8 Å². The van der Waals surface area contributed by atoms with E-state index >= 15 is 0 Å². The van der Waals surface area contributed by atoms with Crippen molar-refractivity contribution < 1.29 is 54.4 Å². The number of nitrogens with zero attached hydrogens (tertiary/aromatic N) is 2. The largest absolute Gasteiger partial charge is 0.508 e. The molecule has 0 bridgehead atoms. The average molecular weight is 800 g/mol. The van der Waals surface area contributed by atoms with Gasteiger partial charge in [0.15, 0.2) is 16.8 Å². The number of carbonyl (C=O) groups is 1. The second-order valence-corrected chi connectivity index (χ2v) is 16.2. The van der Waals surface area contributed by atoms with Crippen molar-refractivity contribution in [1.82, 2.24) is 5.32 Å². The summed E-state index contributed by atoms with van der Waals surface area (Å²) in [5.41, 5.74) is 0.310. The number of aliphatic hydroxyl groups is 5. The van der Waals surface area contributed by atoms with E-state index in [0.29, 0.717) is 65.1 Å². The molecule has 58 heavy (non-hydrogen) atoms. The number of allylic oxidation sites excluding steroid dienone is 2. The molecule has 1 saturated heterocycles. The number of fused-ring (bicyclic) bond motifs is 3. The highest BCUT2D eigenvalue weighted by molar-refractivity contribution is 5.96. The van der Waals surface area contributed by atoms with Crippen LogP contribution in [0.2, 0.25) is 0 Å². The Kier molecular flexibility index (Phi) is 10.8. The quantitative estimate of drug-likeness (QED) is 0.0751. The van der Waals surface area contributed by atoms with Gasteiger partial charge in [0.25, 0.3) is 0 Å². The van der Waals surface area contributed by atoms with E-state index in [1.54, 1.807) is 19.2 Å². The van der Waals surface area contributed by atoms with Gasteiger partial charge in [-0.15, -0.1) is 0 Å². The maximum absolute atomic E-state index is 13.6. The zero-order valence-corrected chi connectivity index (χ0v) is 32.3. The number of nitrogens with one attached hydrogen (secondary N) is 1. The molecule has 3 aromatic rings. The predicted molar refractivity (Wildman–Crippen MR) is 211 cm³/mol. The number of aromatic hydroxyl groups is 1. The van der Waals surface area contributed by atoms with Crippen molar-refractivity contribution in [3.8, 4) is 11.5 Å². The molecule has 15 heteroatoms. The van der Waals surface area contributed by atoms with Gasteiger partial charge in [0.2, 0.25) is 5.91 Å². The van der Waals surface area contributed by atoms with Crippen LogP contribution < -0.4 is 20.4 Å². The van der Waals surface area contributed by atoms with Gasteiger partial charge in [-0.05, 0) is 61.4 Å². The number of aliphatic hydroxyl groups excluding tert-OH is 4. The highest BCUT2D eigenvalue weighted by Crippen LogP contribution is 2.52. The number of rotatable bonds is 13. The Hall–Kier alpha value is -4.87. The summed E-state index contributed by atoms with van der Waals surface area (Å²) in [6, 6.07) is 8.92. The number of anilines is 1. The summed E-state index contributed by atoms with van der Waals surface area (Å²) in [5, 5.41) is 66.7. The molecule has 1 unspecified atom stereocenters. The summed E-state index contributed by atoms with van der Waals surface area (Å²) in [6.45, 7) is 2.72. The SMILES string of the molecule is CCC1C2=CC=NC2=CN1c1c2c(cc3c(=O)cc(C)oc13)C[C@@H](OOC[C@@](O)(Cc1ccc(O)cc1)[C@@H](O)[C@H](O)[C@H](O)CO)[C@]1(CC=C[C@@H]([C@@H]3CNC(=O)C3)C1)O2. The minimum Gasteiger partial charge on any atom is -0.508 e. The minimum absolute atomic E-state index is 0.00816. The summed E-state index contributed by atoms with van der Waals surface area (Å²) < 4.78 is 13.6. The third-order valence-electron chi connectivity index (χ3n) is 12.2. The fourth-order valence-corrected chi connectivity index (χ4v) is 9.12. The average Bonchev–Trinajstić information content (AvgIpc) is 3.94. The normalized spacial score (nSPS) is 27.4. The van der Waals surface area contributed by atoms with Crippen molar-refractivity contribution in [2.24, 2.45) is 16.8 Å². The van der Waals surface area contributed by atoms with Crippen LogP contribution in [0.3, 0.4) is 0 Å². The Labute approximate surface area is 334 Å². The van der Waals surface area contributed by atoms with Crippen LogP contribution in [-0.2, 0) is 27.4 Å². The molecule has 1 aromatic heterocycles. The number of aliphatic imine (C=N–C) groups is 1. The van der Waals surface area contributed by atoms with Crippen LogP contribution in [0.1, 0.15) is 49.5 Å². The summed E-state index contributed by atoms with van der Waals surface area (Å²) in [7, 11) is 0. The van der Waals surface area contributed by atoms with Gasteiger partial charge in [-0.3, -0.25) is 14.6 Å². The van der Waals surface area contributed by atoms with Crippen LogP contribution >= 0.6 is 0 Å². The number of phenols is 1. The molecular formula is C43H49N3O12. The van der Waals surface area contributed by atoms with Gasteiger partial charge in [-0.2, -0.15) is 0 Å². The van der Waals surface area contributed by atoms with E-state index in [2.05, 4.69) is 28.2 Å². The van der Waals surface area contributed by atoms with Gasteiger partial charge >= 0.3 is 0 Å². The molecule has 4 aliphatic heterocycles. The predicted octanol–water partition coefficient (Wildman–Crippen LogP) is 2.40. The molecule has 8 rings (SSSR count). The fraction of sp³-hybridized carbons (Fsp3) is 0.465. The van der Waals surface area contributed by atoms with Crippen LogP contribution in [-0.4, -0.2) is 104 Å². The van der Waals surface area contributed by atoms with Gasteiger partial charge < -0.3 is 50.0 Å². The number of hydrogen-bond acceptors (Lipinski definition) is 14. The van der Waals surface area contributed by atoms with Gasteiger partial charge in [0.1, 0.15) is 59.4 Å². The first-order chi connectivity index (χ1) is 27.8. The van der Waals surface area contributed by atoms with Crippen LogP contribution in [0.15, 0.2) is 86.3 Å². The van der Waals surface area contributed by atoms with Crippen LogP contribution in [0.5, 0.6) is 11.5 Å². The lowest BCUT2D eigenvalue weighted by Crippen LogP contribution is -2.58. The standard InChI is InChI=1S/C43H49N3O12/c1-3-32-29-10-12-44-31(29)20-46(32)37-39-26(14-30-33(49)13-23(2)56-40(30)37)15-35(43(57-39)11-4-5-25(18-43)27-16-36(51)45-19-27)58-55-22-42(54,41(53)38(52)34(50)21-47)17-24-6-8-28(48)9-7-24/h4-10,12-14,20,25,27,32,34-35,38,41,47-48,50,52-54H,3,11,15-19,21-22H2,1-2H3,(H,45,51)/t25-,27+,32?,34-,35-,38-,41+,42+,43-/m1/s1. The molecule has 0 saturated carbocycles. The van der Waals surface area contributed by atoms with Crippen LogP contribution in [0.25, 0.3) is 11.0 Å². The lowest BCUT2D eigenvalue weighted by atomic mass is 9.71. The second kappa shape index (κ2) is 15.7. The van der Waals surface area contributed by atoms with Crippen molar-refractivity contribution in [3.63, 3.8) is 0 Å². The molecule has 1 aliphatic carbocycles. The molecule has 308 valence electrons. The minimum atomic E-state index is -2.27. The highest BCUT2D eigenvalue weighted by atomic mass is 17.2. The third-order valence-corrected chi connectivity index (χ3v) is 12.2. The molecule has 1 amide bonds. The van der Waals surface area contributed by atoms with Crippen molar-refractivity contribution in [2.75, 3.05) is 24.7 Å². The van der Waals surface area contributed by atoms with E-state index < -0.39 is 48.8 Å². The number of hydrogen-bond donors (Lipinski definition) is 7. The van der Waals surface area contributed by atoms with Gasteiger partial charge in [0.05, 0.1) is 23.7 Å². The Balaban J connectivity index is 1.19. The lowest BCUT2D eigenvalue weighted by Gasteiger charge is -2.48. The topological polar surface area (TPSA) is 224 Å². The molecule has 9 atom stereocenters. The summed E-state index contributed by atoms with van der Waals surface area (Å²) in [5.74, 6) is 0.797. The Morgan fingerprint density at radius 1 is 1.14 bits per heavy atom. The zero-order chi connectivity index (χ0) is 40.9. The molecule has 15 nitrogen and oxygen atoms in total. The first kappa shape index (κ1) is 39.9. The zero-order valence-electron chi connectivity index (χ0n) is 32.3. The summed E-state index contributed by atoms with van der Waals surface area (Å²) >= 11 is 0. The number of aryl methyl sites for hydroxylation is 1. The van der Waals surface area contributed by atoms with Gasteiger partial charge in [-0.1, -0.05) is 31.2 Å². The molecule has 2 aromatic carbocycles. The maximum Gasteiger partial charge on any atom is 0.220 e. The summed E-state index contributed by atoms with van der Waals surface area (Å²) in [6.07, 6.45) is 4.93. The number of amides is 1. The fourth-order valence-electron chi connectivity index (χ4n) is 9.12. The Morgan fingerprint density at radius 3 is 2.66 bits per heavy atom. The Morgan fingerprint density at radius 2 is 1.93 bits per heavy atom. The van der Waals surface area contributed by atoms with E-state index in [1.165, 1.54) is 30.3 Å². The van der Waals surface area contributed by atoms with Crippen LogP contribution in [0.4, 0.5) is 5.69 Å². The first-order valence-electron chi connectivity index (χ1n) is 19.7.